The van der Waals surface area contributed by atoms with Crippen LogP contribution in [0.5, 0.6) is 11.5 Å². The number of carbonyl (C=O) groups is 1. The predicted octanol–water partition coefficient (Wildman–Crippen LogP) is 4.12. The van der Waals surface area contributed by atoms with Crippen LogP contribution in [0.2, 0.25) is 0 Å². The number of thioether (sulfide) groups is 1. The molecule has 0 saturated heterocycles. The Morgan fingerprint density at radius 2 is 1.89 bits per heavy atom. The number of para-hydroxylation sites is 2. The molecule has 1 aliphatic rings. The summed E-state index contributed by atoms with van der Waals surface area (Å²) in [5, 5.41) is 8.37. The van der Waals surface area contributed by atoms with E-state index in [1.807, 2.05) is 48.5 Å². The van der Waals surface area contributed by atoms with Crippen molar-refractivity contribution in [3.05, 3.63) is 65.5 Å². The number of aryl methyl sites for hydroxylation is 1. The summed E-state index contributed by atoms with van der Waals surface area (Å²) in [6, 6.07) is 15.1. The fourth-order valence-corrected chi connectivity index (χ4v) is 3.35. The Balaban J connectivity index is 1.36. The highest BCUT2D eigenvalue weighted by atomic mass is 32.2. The number of nitrogens with zero attached hydrogens (tertiary/aromatic N) is 2. The standard InChI is InChI=1S/C20H18N2O4S/c1-2-13-7-9-14(10-8-13)15(23)12-27-20-22-21-19(26-20)18-11-24-16-5-3-4-6-17(16)25-18/h3-10,18H,2,11-12H2,1H3. The van der Waals surface area contributed by atoms with Gasteiger partial charge in [0, 0.05) is 5.56 Å². The van der Waals surface area contributed by atoms with Gasteiger partial charge in [-0.05, 0) is 24.1 Å². The molecule has 4 rings (SSSR count). The SMILES string of the molecule is CCc1ccc(C(=O)CSc2nnc(C3COc4ccccc4O3)o2)cc1. The molecule has 0 aliphatic carbocycles. The van der Waals surface area contributed by atoms with E-state index in [0.29, 0.717) is 34.8 Å². The van der Waals surface area contributed by atoms with Gasteiger partial charge in [-0.3, -0.25) is 4.79 Å². The Labute approximate surface area is 160 Å². The summed E-state index contributed by atoms with van der Waals surface area (Å²) in [4.78, 5) is 12.3. The molecule has 0 saturated carbocycles. The van der Waals surface area contributed by atoms with Crippen molar-refractivity contribution < 1.29 is 18.7 Å². The van der Waals surface area contributed by atoms with Crippen molar-refractivity contribution in [3.8, 4) is 11.5 Å². The molecule has 0 radical (unpaired) electrons. The van der Waals surface area contributed by atoms with Crippen LogP contribution < -0.4 is 9.47 Å². The Bertz CT molecular complexity index is 939. The van der Waals surface area contributed by atoms with E-state index in [1.165, 1.54) is 17.3 Å². The van der Waals surface area contributed by atoms with Gasteiger partial charge in [-0.2, -0.15) is 0 Å². The smallest absolute Gasteiger partial charge is 0.277 e. The zero-order valence-corrected chi connectivity index (χ0v) is 15.6. The fraction of sp³-hybridized carbons (Fsp3) is 0.250. The monoisotopic (exact) mass is 382 g/mol. The largest absolute Gasteiger partial charge is 0.485 e. The highest BCUT2D eigenvalue weighted by Gasteiger charge is 2.27. The maximum absolute atomic E-state index is 12.3. The first-order valence-electron chi connectivity index (χ1n) is 8.69. The number of hydrogen-bond acceptors (Lipinski definition) is 7. The summed E-state index contributed by atoms with van der Waals surface area (Å²) >= 11 is 1.22. The fourth-order valence-electron chi connectivity index (χ4n) is 2.69. The van der Waals surface area contributed by atoms with Gasteiger partial charge in [0.25, 0.3) is 11.1 Å². The van der Waals surface area contributed by atoms with Crippen molar-refractivity contribution >= 4 is 17.5 Å². The summed E-state index contributed by atoms with van der Waals surface area (Å²) in [6.45, 7) is 2.38. The van der Waals surface area contributed by atoms with Crippen LogP contribution in [0.1, 0.15) is 34.8 Å². The molecular formula is C20H18N2O4S. The third-order valence-electron chi connectivity index (χ3n) is 4.22. The number of hydrogen-bond donors (Lipinski definition) is 0. The average molecular weight is 382 g/mol. The maximum atomic E-state index is 12.3. The van der Waals surface area contributed by atoms with Gasteiger partial charge >= 0.3 is 0 Å². The van der Waals surface area contributed by atoms with Crippen LogP contribution in [0.3, 0.4) is 0 Å². The molecular weight excluding hydrogens is 364 g/mol. The van der Waals surface area contributed by atoms with Crippen LogP contribution in [-0.4, -0.2) is 28.3 Å². The van der Waals surface area contributed by atoms with E-state index in [2.05, 4.69) is 17.1 Å². The van der Waals surface area contributed by atoms with Crippen molar-refractivity contribution in [2.45, 2.75) is 24.7 Å². The van der Waals surface area contributed by atoms with Gasteiger partial charge in [-0.25, -0.2) is 0 Å². The predicted molar refractivity (Wildman–Crippen MR) is 100 cm³/mol. The lowest BCUT2D eigenvalue weighted by Crippen LogP contribution is -2.21. The third-order valence-corrected chi connectivity index (χ3v) is 5.04. The molecule has 0 bridgehead atoms. The second-order valence-corrected chi connectivity index (χ2v) is 6.96. The van der Waals surface area contributed by atoms with E-state index >= 15 is 0 Å². The lowest BCUT2D eigenvalue weighted by atomic mass is 10.1. The molecule has 27 heavy (non-hydrogen) atoms. The van der Waals surface area contributed by atoms with Crippen LogP contribution in [0.4, 0.5) is 0 Å². The summed E-state index contributed by atoms with van der Waals surface area (Å²) in [6.07, 6.45) is 0.491. The van der Waals surface area contributed by atoms with Gasteiger partial charge in [-0.15, -0.1) is 10.2 Å². The number of aromatic nitrogens is 2. The Hall–Kier alpha value is -2.80. The van der Waals surface area contributed by atoms with Crippen LogP contribution in [0.25, 0.3) is 0 Å². The first-order valence-corrected chi connectivity index (χ1v) is 9.68. The van der Waals surface area contributed by atoms with E-state index in [0.717, 1.165) is 6.42 Å². The van der Waals surface area contributed by atoms with Gasteiger partial charge < -0.3 is 13.9 Å². The molecule has 1 aliphatic heterocycles. The molecule has 2 aromatic carbocycles. The van der Waals surface area contributed by atoms with Gasteiger partial charge in [0.15, 0.2) is 17.3 Å². The van der Waals surface area contributed by atoms with Gasteiger partial charge in [0.1, 0.15) is 6.61 Å². The van der Waals surface area contributed by atoms with Crippen molar-refractivity contribution in [2.24, 2.45) is 0 Å². The van der Waals surface area contributed by atoms with Crippen LogP contribution in [0, 0.1) is 0 Å². The Morgan fingerprint density at radius 1 is 1.11 bits per heavy atom. The first-order chi connectivity index (χ1) is 13.2. The van der Waals surface area contributed by atoms with E-state index in [1.54, 1.807) is 0 Å². The van der Waals surface area contributed by atoms with E-state index in [-0.39, 0.29) is 11.5 Å². The number of rotatable bonds is 6. The summed E-state index contributed by atoms with van der Waals surface area (Å²) in [7, 11) is 0. The lowest BCUT2D eigenvalue weighted by Gasteiger charge is -2.23. The summed E-state index contributed by atoms with van der Waals surface area (Å²) in [5.74, 6) is 1.94. The number of benzene rings is 2. The highest BCUT2D eigenvalue weighted by molar-refractivity contribution is 7.99. The van der Waals surface area contributed by atoms with E-state index in [9.17, 15) is 4.79 Å². The van der Waals surface area contributed by atoms with Crippen molar-refractivity contribution in [3.63, 3.8) is 0 Å². The molecule has 2 heterocycles. The average Bonchev–Trinajstić information content (AvgIpc) is 3.21. The normalized spacial score (nSPS) is 15.5. The molecule has 1 unspecified atom stereocenters. The molecule has 3 aromatic rings. The minimum Gasteiger partial charge on any atom is -0.485 e. The second kappa shape index (κ2) is 7.84. The molecule has 1 aromatic heterocycles. The zero-order valence-electron chi connectivity index (χ0n) is 14.8. The second-order valence-electron chi connectivity index (χ2n) is 6.03. The number of ether oxygens (including phenoxy) is 2. The minimum atomic E-state index is -0.459. The van der Waals surface area contributed by atoms with Crippen molar-refractivity contribution in [1.82, 2.24) is 10.2 Å². The first kappa shape index (κ1) is 17.6. The topological polar surface area (TPSA) is 74.5 Å². The molecule has 138 valence electrons. The molecule has 1 atom stereocenters. The molecule has 6 nitrogen and oxygen atoms in total. The number of fused-ring (bicyclic) bond motifs is 1. The number of Topliss-reactive ketones (excluding diaryl/α,β-unsaturated/α-hetero) is 1. The highest BCUT2D eigenvalue weighted by Crippen LogP contribution is 2.35. The molecule has 0 N–H and O–H groups in total. The Kier molecular flexibility index (Phi) is 5.11. The van der Waals surface area contributed by atoms with E-state index in [4.69, 9.17) is 13.9 Å². The summed E-state index contributed by atoms with van der Waals surface area (Å²) < 4.78 is 17.2. The van der Waals surface area contributed by atoms with E-state index < -0.39 is 6.10 Å². The molecule has 0 amide bonds. The van der Waals surface area contributed by atoms with Gasteiger partial charge in [-0.1, -0.05) is 55.1 Å². The molecule has 0 spiro atoms. The maximum Gasteiger partial charge on any atom is 0.277 e. The number of ketones is 1. The Morgan fingerprint density at radius 3 is 2.67 bits per heavy atom. The van der Waals surface area contributed by atoms with Crippen molar-refractivity contribution in [2.75, 3.05) is 12.4 Å². The van der Waals surface area contributed by atoms with Crippen LogP contribution in [-0.2, 0) is 6.42 Å². The minimum absolute atomic E-state index is 0.0218. The third kappa shape index (κ3) is 3.98. The zero-order chi connectivity index (χ0) is 18.6. The molecule has 0 fully saturated rings. The lowest BCUT2D eigenvalue weighted by molar-refractivity contribution is 0.0686. The van der Waals surface area contributed by atoms with Gasteiger partial charge in [0.05, 0.1) is 5.75 Å². The van der Waals surface area contributed by atoms with Crippen LogP contribution in [0.15, 0.2) is 58.2 Å². The molecule has 7 heteroatoms. The van der Waals surface area contributed by atoms with Gasteiger partial charge in [0.2, 0.25) is 6.10 Å². The van der Waals surface area contributed by atoms with Crippen molar-refractivity contribution in [1.29, 1.82) is 0 Å². The number of carbonyl (C=O) groups excluding carboxylic acids is 1. The van der Waals surface area contributed by atoms with Crippen LogP contribution >= 0.6 is 11.8 Å². The quantitative estimate of drug-likeness (QED) is 0.469. The summed E-state index contributed by atoms with van der Waals surface area (Å²) in [5.41, 5.74) is 1.89.